The normalized spacial score (nSPS) is 23.5. The van der Waals surface area contributed by atoms with E-state index in [1.807, 2.05) is 6.92 Å². The summed E-state index contributed by atoms with van der Waals surface area (Å²) in [7, 11) is 0.482. The van der Waals surface area contributed by atoms with Gasteiger partial charge in [-0.25, -0.2) is 0 Å². The molecule has 3 atom stereocenters. The van der Waals surface area contributed by atoms with Gasteiger partial charge in [0.25, 0.3) is 0 Å². The zero-order chi connectivity index (χ0) is 19.6. The second kappa shape index (κ2) is 8.74. The first kappa shape index (κ1) is 20.3. The van der Waals surface area contributed by atoms with Gasteiger partial charge >= 0.3 is 0 Å². The number of aryl methyl sites for hydroxylation is 1. The first-order chi connectivity index (χ1) is 12.9. The molecule has 1 aromatic carbocycles. The average molecular weight is 452 g/mol. The van der Waals surface area contributed by atoms with Gasteiger partial charge in [0.15, 0.2) is 0 Å². The zero-order valence-corrected chi connectivity index (χ0v) is 18.6. The molecule has 0 radical (unpaired) electrons. The summed E-state index contributed by atoms with van der Waals surface area (Å²) in [6.07, 6.45) is 2.06. The number of hydrogen-bond acceptors (Lipinski definition) is 3. The quantitative estimate of drug-likeness (QED) is 0.531. The van der Waals surface area contributed by atoms with Crippen LogP contribution < -0.4 is 10.2 Å². The number of carbonyl (C=O) groups is 2. The lowest BCUT2D eigenvalue weighted by Gasteiger charge is -2.29. The number of aromatic nitrogens is 1. The van der Waals surface area contributed by atoms with Crippen molar-refractivity contribution in [3.8, 4) is 0 Å². The lowest BCUT2D eigenvalue weighted by atomic mass is 10.1. The summed E-state index contributed by atoms with van der Waals surface area (Å²) in [6.45, 7) is 7.92. The first-order valence-corrected chi connectivity index (χ1v) is 11.5. The van der Waals surface area contributed by atoms with Gasteiger partial charge < -0.3 is 9.88 Å². The number of nitrogens with one attached hydrogen (secondary N) is 2. The van der Waals surface area contributed by atoms with E-state index < -0.39 is 0 Å². The fraction of sp³-hybridized carbons (Fsp3) is 0.500. The van der Waals surface area contributed by atoms with Gasteiger partial charge in [0.05, 0.1) is 5.66 Å². The minimum Gasteiger partial charge on any atom is -0.370 e. The Balaban J connectivity index is 1.95. The molecule has 0 bridgehead atoms. The Labute approximate surface area is 170 Å². The van der Waals surface area contributed by atoms with Crippen molar-refractivity contribution >= 4 is 52.9 Å². The van der Waals surface area contributed by atoms with Crippen molar-refractivity contribution in [2.45, 2.75) is 51.4 Å². The fourth-order valence-corrected chi connectivity index (χ4v) is 5.48. The largest absolute Gasteiger partial charge is 0.370 e. The molecule has 3 unspecified atom stereocenters. The Morgan fingerprint density at radius 3 is 2.78 bits per heavy atom. The summed E-state index contributed by atoms with van der Waals surface area (Å²) in [4.78, 5) is 30.1. The Kier molecular flexibility index (Phi) is 6.59. The molecule has 3 rings (SSSR count). The summed E-state index contributed by atoms with van der Waals surface area (Å²) in [6, 6.07) is 6.51. The molecule has 1 aromatic heterocycles. The van der Waals surface area contributed by atoms with Gasteiger partial charge in [-0.2, -0.15) is 0 Å². The second-order valence-electron chi connectivity index (χ2n) is 7.29. The van der Waals surface area contributed by atoms with Crippen molar-refractivity contribution in [2.75, 3.05) is 18.0 Å². The molecule has 0 spiro atoms. The van der Waals surface area contributed by atoms with Crippen molar-refractivity contribution in [3.05, 3.63) is 28.4 Å². The third-order valence-corrected chi connectivity index (χ3v) is 6.95. The number of anilines is 1. The maximum Gasteiger partial charge on any atom is 0.233 e. The fourth-order valence-electron chi connectivity index (χ4n) is 3.63. The van der Waals surface area contributed by atoms with Crippen LogP contribution in [0.3, 0.4) is 0 Å². The van der Waals surface area contributed by atoms with E-state index in [1.54, 1.807) is 0 Å². The van der Waals surface area contributed by atoms with Gasteiger partial charge in [0.2, 0.25) is 11.8 Å². The number of fused-ring (bicyclic) bond motifs is 1. The summed E-state index contributed by atoms with van der Waals surface area (Å²) in [5.74, 6) is -0.304. The van der Waals surface area contributed by atoms with Crippen molar-refractivity contribution < 1.29 is 9.59 Å². The van der Waals surface area contributed by atoms with Gasteiger partial charge in [0.1, 0.15) is 0 Å². The van der Waals surface area contributed by atoms with Crippen LogP contribution in [-0.2, 0) is 16.0 Å². The molecule has 1 fully saturated rings. The number of rotatable bonds is 2. The smallest absolute Gasteiger partial charge is 0.233 e. The highest BCUT2D eigenvalue weighted by atomic mass is 79.9. The average Bonchev–Trinajstić information content (AvgIpc) is 3.01. The van der Waals surface area contributed by atoms with Crippen molar-refractivity contribution in [1.29, 1.82) is 0 Å². The monoisotopic (exact) mass is 451 g/mol. The SMILES string of the molecule is CCc1cc2c(N3CCCC(=O)NC(=O)C(C)PC(C)C3)cc(Br)cc2[nH]1. The Morgan fingerprint density at radius 2 is 2.04 bits per heavy atom. The van der Waals surface area contributed by atoms with E-state index in [0.29, 0.717) is 20.7 Å². The highest BCUT2D eigenvalue weighted by Crippen LogP contribution is 2.34. The highest BCUT2D eigenvalue weighted by Gasteiger charge is 2.23. The minimum atomic E-state index is -0.166. The van der Waals surface area contributed by atoms with E-state index in [1.165, 1.54) is 16.8 Å². The maximum absolute atomic E-state index is 12.2. The molecule has 2 N–H and O–H groups in total. The maximum atomic E-state index is 12.2. The van der Waals surface area contributed by atoms with Crippen LogP contribution in [0.15, 0.2) is 22.7 Å². The van der Waals surface area contributed by atoms with Crippen LogP contribution >= 0.6 is 24.5 Å². The molecule has 1 aliphatic heterocycles. The number of halogens is 1. The van der Waals surface area contributed by atoms with E-state index in [4.69, 9.17) is 0 Å². The van der Waals surface area contributed by atoms with Crippen LogP contribution in [-0.4, -0.2) is 41.2 Å². The van der Waals surface area contributed by atoms with Crippen LogP contribution in [0.25, 0.3) is 10.9 Å². The number of amides is 2. The van der Waals surface area contributed by atoms with Gasteiger partial charge in [0, 0.05) is 46.3 Å². The number of carbonyl (C=O) groups excluding carboxylic acids is 2. The van der Waals surface area contributed by atoms with E-state index in [2.05, 4.69) is 63.2 Å². The predicted octanol–water partition coefficient (Wildman–Crippen LogP) is 4.19. The minimum absolute atomic E-state index is 0.134. The lowest BCUT2D eigenvalue weighted by molar-refractivity contribution is -0.130. The Morgan fingerprint density at radius 1 is 1.26 bits per heavy atom. The van der Waals surface area contributed by atoms with E-state index in [9.17, 15) is 9.59 Å². The summed E-state index contributed by atoms with van der Waals surface area (Å²) in [5, 5.41) is 3.77. The molecule has 1 saturated heterocycles. The third kappa shape index (κ3) is 4.91. The molecule has 5 nitrogen and oxygen atoms in total. The summed E-state index contributed by atoms with van der Waals surface area (Å²) in [5.41, 5.74) is 3.77. The van der Waals surface area contributed by atoms with Crippen molar-refractivity contribution in [2.24, 2.45) is 0 Å². The molecular weight excluding hydrogens is 425 g/mol. The molecule has 2 heterocycles. The van der Waals surface area contributed by atoms with Crippen molar-refractivity contribution in [3.63, 3.8) is 0 Å². The van der Waals surface area contributed by atoms with Crippen LogP contribution in [0.5, 0.6) is 0 Å². The molecule has 146 valence electrons. The van der Waals surface area contributed by atoms with Crippen LogP contribution in [0, 0.1) is 0 Å². The molecule has 1 aliphatic rings. The molecule has 2 amide bonds. The van der Waals surface area contributed by atoms with E-state index in [0.717, 1.165) is 35.9 Å². The number of aromatic amines is 1. The van der Waals surface area contributed by atoms with Crippen LogP contribution in [0.4, 0.5) is 5.69 Å². The van der Waals surface area contributed by atoms with E-state index in [-0.39, 0.29) is 17.5 Å². The van der Waals surface area contributed by atoms with Crippen LogP contribution in [0.1, 0.15) is 39.3 Å². The Hall–Kier alpha value is -1.39. The van der Waals surface area contributed by atoms with Crippen molar-refractivity contribution in [1.82, 2.24) is 10.3 Å². The van der Waals surface area contributed by atoms with Crippen LogP contribution in [0.2, 0.25) is 0 Å². The molecule has 27 heavy (non-hydrogen) atoms. The third-order valence-electron chi connectivity index (χ3n) is 4.97. The first-order valence-electron chi connectivity index (χ1n) is 9.53. The topological polar surface area (TPSA) is 65.2 Å². The zero-order valence-electron chi connectivity index (χ0n) is 16.1. The Bertz CT molecular complexity index is 851. The second-order valence-corrected chi connectivity index (χ2v) is 10.4. The molecule has 2 aromatic rings. The summed E-state index contributed by atoms with van der Waals surface area (Å²) < 4.78 is 1.04. The highest BCUT2D eigenvalue weighted by molar-refractivity contribution is 9.10. The number of nitrogens with zero attached hydrogens (tertiary/aromatic N) is 1. The number of imide groups is 1. The van der Waals surface area contributed by atoms with Gasteiger partial charge in [-0.15, -0.1) is 8.58 Å². The molecular formula is C20H27BrN3O2P. The number of H-pyrrole nitrogens is 1. The van der Waals surface area contributed by atoms with Gasteiger partial charge in [-0.05, 0) is 43.6 Å². The molecule has 0 aliphatic carbocycles. The number of hydrogen-bond donors (Lipinski definition) is 2. The molecule has 0 saturated carbocycles. The number of benzene rings is 1. The van der Waals surface area contributed by atoms with Gasteiger partial charge in [-0.3, -0.25) is 14.9 Å². The van der Waals surface area contributed by atoms with E-state index >= 15 is 0 Å². The molecule has 7 heteroatoms. The summed E-state index contributed by atoms with van der Waals surface area (Å²) >= 11 is 3.64. The standard InChI is InChI=1S/C20H27BrN3O2P/c1-4-15-10-16-17(22-15)8-14(21)9-18(16)24-7-5-6-19(25)23-20(26)13(3)27-12(2)11-24/h8-10,12-13,22,27H,4-7,11H2,1-3H3,(H,23,25,26). The predicted molar refractivity (Wildman–Crippen MR) is 117 cm³/mol. The van der Waals surface area contributed by atoms with Gasteiger partial charge in [-0.1, -0.05) is 29.8 Å². The lowest BCUT2D eigenvalue weighted by Crippen LogP contribution is -2.35.